The van der Waals surface area contributed by atoms with E-state index in [0.29, 0.717) is 11.4 Å². The Labute approximate surface area is 179 Å². The first kappa shape index (κ1) is 22.5. The highest BCUT2D eigenvalue weighted by atomic mass is 19.4. The van der Waals surface area contributed by atoms with Gasteiger partial charge in [-0.15, -0.1) is 10.2 Å². The molecule has 2 N–H and O–H groups in total. The van der Waals surface area contributed by atoms with Crippen molar-refractivity contribution in [3.05, 3.63) is 58.0 Å². The second-order valence-electron chi connectivity index (χ2n) is 7.24. The van der Waals surface area contributed by atoms with Crippen molar-refractivity contribution in [2.45, 2.75) is 31.8 Å². The summed E-state index contributed by atoms with van der Waals surface area (Å²) in [6, 6.07) is 7.40. The summed E-state index contributed by atoms with van der Waals surface area (Å²) < 4.78 is 85.7. The van der Waals surface area contributed by atoms with Crippen LogP contribution < -0.4 is 5.56 Å². The van der Waals surface area contributed by atoms with Gasteiger partial charge in [-0.1, -0.05) is 30.3 Å². The molecule has 3 heterocycles. The van der Waals surface area contributed by atoms with E-state index in [1.165, 1.54) is 31.2 Å². The Morgan fingerprint density at radius 3 is 2.24 bits per heavy atom. The summed E-state index contributed by atoms with van der Waals surface area (Å²) in [6.45, 7) is 1.62. The molecule has 0 spiro atoms. The van der Waals surface area contributed by atoms with Crippen LogP contribution in [-0.4, -0.2) is 36.1 Å². The maximum Gasteiger partial charge on any atom is 0.433 e. The fourth-order valence-electron chi connectivity index (χ4n) is 3.15. The summed E-state index contributed by atoms with van der Waals surface area (Å²) >= 11 is 0. The topological polar surface area (TPSA) is 109 Å². The molecule has 0 radical (unpaired) electrons. The number of hydrogen-bond donors (Lipinski definition) is 2. The van der Waals surface area contributed by atoms with Crippen LogP contribution >= 0.6 is 0 Å². The lowest BCUT2D eigenvalue weighted by molar-refractivity contribution is -0.266. The fourth-order valence-corrected chi connectivity index (χ4v) is 3.15. The molecule has 174 valence electrons. The molecule has 0 saturated heterocycles. The van der Waals surface area contributed by atoms with Crippen molar-refractivity contribution >= 4 is 5.65 Å². The number of nitrogens with one attached hydrogen (secondary N) is 1. The number of fused-ring (bicyclic) bond motifs is 1. The molecule has 1 atom stereocenters. The third-order valence-electron chi connectivity index (χ3n) is 4.91. The van der Waals surface area contributed by atoms with Crippen LogP contribution in [0.3, 0.4) is 0 Å². The van der Waals surface area contributed by atoms with E-state index in [9.17, 15) is 36.2 Å². The second kappa shape index (κ2) is 7.16. The van der Waals surface area contributed by atoms with Crippen LogP contribution in [0.1, 0.15) is 24.2 Å². The molecule has 4 rings (SSSR count). The molecule has 0 bridgehead atoms. The number of H-pyrrole nitrogens is 1. The quantitative estimate of drug-likeness (QED) is 0.438. The van der Waals surface area contributed by atoms with E-state index >= 15 is 0 Å². The number of aromatic nitrogens is 5. The van der Waals surface area contributed by atoms with Gasteiger partial charge in [0.15, 0.2) is 5.65 Å². The van der Waals surface area contributed by atoms with Gasteiger partial charge in [0, 0.05) is 0 Å². The first-order chi connectivity index (χ1) is 15.2. The zero-order valence-corrected chi connectivity index (χ0v) is 16.7. The lowest BCUT2D eigenvalue weighted by Crippen LogP contribution is -2.39. The minimum atomic E-state index is -5.17. The van der Waals surface area contributed by atoms with Crippen molar-refractivity contribution in [1.82, 2.24) is 24.8 Å². The van der Waals surface area contributed by atoms with Crippen LogP contribution in [0.4, 0.5) is 26.3 Å². The normalized spacial score (nSPS) is 14.6. The van der Waals surface area contributed by atoms with E-state index in [2.05, 4.69) is 15.2 Å². The van der Waals surface area contributed by atoms with E-state index in [-0.39, 0.29) is 22.5 Å². The minimum absolute atomic E-state index is 0.129. The Bertz CT molecular complexity index is 1400. The number of alkyl halides is 6. The molecule has 0 aliphatic heterocycles. The zero-order chi connectivity index (χ0) is 24.3. The maximum atomic E-state index is 13.7. The lowest BCUT2D eigenvalue weighted by Gasteiger charge is -2.21. The number of rotatable bonds is 3. The van der Waals surface area contributed by atoms with Crippen molar-refractivity contribution in [2.75, 3.05) is 0 Å². The van der Waals surface area contributed by atoms with Gasteiger partial charge in [-0.3, -0.25) is 9.89 Å². The standard InChI is InChI=1S/C19H13F6N5O3/c1-8-10(14-27-28-16(33-14)17(2,32)19(23,24)25)15(31)30-13(26-8)11(9-6-4-3-5-7-9)12(29-30)18(20,21)22/h3-7,29,32H,1-2H3. The van der Waals surface area contributed by atoms with E-state index in [0.717, 1.165) is 0 Å². The number of hydrogen-bond acceptors (Lipinski definition) is 6. The summed E-state index contributed by atoms with van der Waals surface area (Å²) in [5, 5.41) is 18.2. The highest BCUT2D eigenvalue weighted by molar-refractivity contribution is 5.81. The predicted molar refractivity (Wildman–Crippen MR) is 99.9 cm³/mol. The minimum Gasteiger partial charge on any atom is -0.417 e. The number of aliphatic hydroxyl groups is 1. The summed E-state index contributed by atoms with van der Waals surface area (Å²) in [6.07, 6.45) is -10.1. The molecule has 4 aromatic rings. The van der Waals surface area contributed by atoms with Crippen molar-refractivity contribution in [3.8, 4) is 22.6 Å². The van der Waals surface area contributed by atoms with E-state index < -0.39 is 46.6 Å². The van der Waals surface area contributed by atoms with Crippen molar-refractivity contribution in [1.29, 1.82) is 0 Å². The Hall–Kier alpha value is -3.68. The van der Waals surface area contributed by atoms with Crippen LogP contribution in [0.15, 0.2) is 39.5 Å². The van der Waals surface area contributed by atoms with Gasteiger partial charge in [-0.2, -0.15) is 30.9 Å². The van der Waals surface area contributed by atoms with Gasteiger partial charge in [-0.05, 0) is 19.4 Å². The van der Waals surface area contributed by atoms with E-state index in [1.807, 2.05) is 5.10 Å². The molecule has 3 aromatic heterocycles. The van der Waals surface area contributed by atoms with Crippen LogP contribution in [0.5, 0.6) is 0 Å². The van der Waals surface area contributed by atoms with Crippen LogP contribution in [0, 0.1) is 6.92 Å². The molecular weight excluding hydrogens is 460 g/mol. The third-order valence-corrected chi connectivity index (χ3v) is 4.91. The molecule has 0 fully saturated rings. The number of benzene rings is 1. The Morgan fingerprint density at radius 2 is 1.67 bits per heavy atom. The highest BCUT2D eigenvalue weighted by Crippen LogP contribution is 2.40. The Morgan fingerprint density at radius 1 is 1.03 bits per heavy atom. The summed E-state index contributed by atoms with van der Waals surface area (Å²) in [5.41, 5.74) is -7.21. The number of aryl methyl sites for hydroxylation is 1. The van der Waals surface area contributed by atoms with Gasteiger partial charge >= 0.3 is 12.4 Å². The molecule has 0 aliphatic carbocycles. The predicted octanol–water partition coefficient (Wildman–Crippen LogP) is 3.84. The Kier molecular flexibility index (Phi) is 4.89. The molecular formula is C19H13F6N5O3. The first-order valence-corrected chi connectivity index (χ1v) is 9.15. The molecule has 33 heavy (non-hydrogen) atoms. The zero-order valence-electron chi connectivity index (χ0n) is 16.7. The molecule has 1 unspecified atom stereocenters. The van der Waals surface area contributed by atoms with Gasteiger partial charge < -0.3 is 9.52 Å². The number of aromatic amines is 1. The average molecular weight is 473 g/mol. The van der Waals surface area contributed by atoms with E-state index in [4.69, 9.17) is 4.42 Å². The van der Waals surface area contributed by atoms with Crippen LogP contribution in [0.2, 0.25) is 0 Å². The Balaban J connectivity index is 1.97. The molecule has 0 saturated carbocycles. The molecule has 1 aromatic carbocycles. The van der Waals surface area contributed by atoms with Gasteiger partial charge in [0.1, 0.15) is 11.3 Å². The van der Waals surface area contributed by atoms with Gasteiger partial charge in [0.05, 0.1) is 11.3 Å². The number of halogens is 6. The average Bonchev–Trinajstić information content (AvgIpc) is 3.33. The molecule has 0 aliphatic rings. The van der Waals surface area contributed by atoms with Gasteiger partial charge in [0.25, 0.3) is 17.3 Å². The summed E-state index contributed by atoms with van der Waals surface area (Å²) in [4.78, 5) is 17.1. The fraction of sp³-hybridized carbons (Fsp3) is 0.263. The first-order valence-electron chi connectivity index (χ1n) is 9.15. The van der Waals surface area contributed by atoms with Gasteiger partial charge in [-0.25, -0.2) is 4.98 Å². The smallest absolute Gasteiger partial charge is 0.417 e. The third kappa shape index (κ3) is 3.55. The SMILES string of the molecule is Cc1nc2c(-c3ccccc3)c(C(F)(F)F)[nH]n2c(=O)c1-c1nnc(C(C)(O)C(F)(F)F)o1. The lowest BCUT2D eigenvalue weighted by atomic mass is 10.1. The second-order valence-corrected chi connectivity index (χ2v) is 7.24. The number of nitrogens with zero attached hydrogens (tertiary/aromatic N) is 4. The molecule has 14 heteroatoms. The van der Waals surface area contributed by atoms with Crippen molar-refractivity contribution < 1.29 is 35.9 Å². The summed E-state index contributed by atoms with van der Waals surface area (Å²) in [5.74, 6) is -2.00. The maximum absolute atomic E-state index is 13.7. The van der Waals surface area contributed by atoms with Crippen LogP contribution in [0.25, 0.3) is 28.2 Å². The molecule has 8 nitrogen and oxygen atoms in total. The van der Waals surface area contributed by atoms with Crippen molar-refractivity contribution in [2.24, 2.45) is 0 Å². The van der Waals surface area contributed by atoms with Crippen molar-refractivity contribution in [3.63, 3.8) is 0 Å². The van der Waals surface area contributed by atoms with E-state index in [1.54, 1.807) is 6.07 Å². The van der Waals surface area contributed by atoms with Crippen LogP contribution in [-0.2, 0) is 11.8 Å². The monoisotopic (exact) mass is 473 g/mol. The summed E-state index contributed by atoms with van der Waals surface area (Å²) in [7, 11) is 0. The largest absolute Gasteiger partial charge is 0.433 e. The molecule has 0 amide bonds. The highest BCUT2D eigenvalue weighted by Gasteiger charge is 2.55. The van der Waals surface area contributed by atoms with Gasteiger partial charge in [0.2, 0.25) is 5.60 Å².